The number of hydrogen-bond donors (Lipinski definition) is 1. The zero-order valence-corrected chi connectivity index (χ0v) is 11.6. The van der Waals surface area contributed by atoms with Gasteiger partial charge >= 0.3 is 0 Å². The number of halogens is 2. The fourth-order valence-electron chi connectivity index (χ4n) is 2.10. The molecular formula is C13H15Cl2NO2. The molecule has 1 heterocycles. The number of rotatable bonds is 4. The molecule has 98 valence electrons. The van der Waals surface area contributed by atoms with Crippen LogP contribution in [0.2, 0.25) is 10.0 Å². The van der Waals surface area contributed by atoms with E-state index in [1.54, 1.807) is 19.2 Å². The largest absolute Gasteiger partial charge is 0.380 e. The molecule has 0 spiro atoms. The predicted octanol–water partition coefficient (Wildman–Crippen LogP) is 2.48. The van der Waals surface area contributed by atoms with Crippen molar-refractivity contribution in [3.8, 4) is 0 Å². The van der Waals surface area contributed by atoms with Crippen LogP contribution in [0.3, 0.4) is 0 Å². The predicted molar refractivity (Wildman–Crippen MR) is 72.4 cm³/mol. The molecule has 1 saturated heterocycles. The van der Waals surface area contributed by atoms with Crippen molar-refractivity contribution in [2.24, 2.45) is 0 Å². The fourth-order valence-corrected chi connectivity index (χ4v) is 2.42. The van der Waals surface area contributed by atoms with Gasteiger partial charge in [0.2, 0.25) is 0 Å². The molecule has 18 heavy (non-hydrogen) atoms. The average molecular weight is 288 g/mol. The van der Waals surface area contributed by atoms with E-state index in [-0.39, 0.29) is 17.9 Å². The lowest BCUT2D eigenvalue weighted by Crippen LogP contribution is -2.31. The van der Waals surface area contributed by atoms with Gasteiger partial charge in [-0.2, -0.15) is 0 Å². The van der Waals surface area contributed by atoms with Gasteiger partial charge in [0.15, 0.2) is 5.78 Å². The molecule has 0 radical (unpaired) electrons. The lowest BCUT2D eigenvalue weighted by atomic mass is 10.0. The number of ketones is 1. The van der Waals surface area contributed by atoms with Gasteiger partial charge in [0.05, 0.1) is 22.2 Å². The first-order chi connectivity index (χ1) is 8.60. The summed E-state index contributed by atoms with van der Waals surface area (Å²) in [4.78, 5) is 12.1. The number of hydrogen-bond acceptors (Lipinski definition) is 3. The molecule has 1 aromatic carbocycles. The van der Waals surface area contributed by atoms with Crippen LogP contribution < -0.4 is 5.32 Å². The number of nitrogens with one attached hydrogen (secondary N) is 1. The van der Waals surface area contributed by atoms with E-state index in [0.29, 0.717) is 16.5 Å². The van der Waals surface area contributed by atoms with Gasteiger partial charge < -0.3 is 10.1 Å². The number of carbonyl (C=O) groups excluding carboxylic acids is 1. The van der Waals surface area contributed by atoms with Crippen LogP contribution in [0.15, 0.2) is 18.2 Å². The van der Waals surface area contributed by atoms with Gasteiger partial charge in [-0.25, -0.2) is 0 Å². The summed E-state index contributed by atoms with van der Waals surface area (Å²) in [6, 6.07) is 5.16. The van der Waals surface area contributed by atoms with E-state index < -0.39 is 0 Å². The third-order valence-corrected chi connectivity index (χ3v) is 3.91. The number of ether oxygens (including phenoxy) is 1. The van der Waals surface area contributed by atoms with Crippen LogP contribution >= 0.6 is 23.2 Å². The van der Waals surface area contributed by atoms with E-state index in [1.165, 1.54) is 0 Å². The molecular weight excluding hydrogens is 273 g/mol. The monoisotopic (exact) mass is 287 g/mol. The summed E-state index contributed by atoms with van der Waals surface area (Å²) >= 11 is 11.8. The lowest BCUT2D eigenvalue weighted by Gasteiger charge is -2.09. The molecule has 0 bridgehead atoms. The van der Waals surface area contributed by atoms with E-state index in [0.717, 1.165) is 18.5 Å². The topological polar surface area (TPSA) is 38.3 Å². The summed E-state index contributed by atoms with van der Waals surface area (Å²) < 4.78 is 5.22. The minimum absolute atomic E-state index is 0.121. The quantitative estimate of drug-likeness (QED) is 0.925. The molecule has 0 amide bonds. The Morgan fingerprint density at radius 2 is 2.22 bits per heavy atom. The van der Waals surface area contributed by atoms with Crippen molar-refractivity contribution >= 4 is 29.0 Å². The van der Waals surface area contributed by atoms with E-state index >= 15 is 0 Å². The normalized spacial score (nSPS) is 23.3. The first kappa shape index (κ1) is 13.8. The summed E-state index contributed by atoms with van der Waals surface area (Å²) in [5, 5.41) is 4.16. The van der Waals surface area contributed by atoms with Crippen LogP contribution in [-0.4, -0.2) is 31.6 Å². The third kappa shape index (κ3) is 3.23. The summed E-state index contributed by atoms with van der Waals surface area (Å²) in [6.07, 6.45) is 1.23. The minimum atomic E-state index is -0.121. The second-order valence-corrected chi connectivity index (χ2v) is 5.26. The highest BCUT2D eigenvalue weighted by Crippen LogP contribution is 2.23. The van der Waals surface area contributed by atoms with Crippen molar-refractivity contribution in [1.29, 1.82) is 0 Å². The van der Waals surface area contributed by atoms with Crippen LogP contribution in [-0.2, 0) is 16.0 Å². The van der Waals surface area contributed by atoms with Crippen molar-refractivity contribution in [1.82, 2.24) is 5.32 Å². The molecule has 0 saturated carbocycles. The van der Waals surface area contributed by atoms with Gasteiger partial charge in [0.25, 0.3) is 0 Å². The molecule has 5 heteroatoms. The summed E-state index contributed by atoms with van der Waals surface area (Å²) in [6.45, 7) is 0.730. The van der Waals surface area contributed by atoms with Gasteiger partial charge in [0, 0.05) is 20.1 Å². The maximum atomic E-state index is 12.1. The Labute approximate surface area is 116 Å². The van der Waals surface area contributed by atoms with Crippen LogP contribution in [0.5, 0.6) is 0 Å². The third-order valence-electron chi connectivity index (χ3n) is 3.17. The van der Waals surface area contributed by atoms with Gasteiger partial charge in [-0.3, -0.25) is 4.79 Å². The first-order valence-corrected chi connectivity index (χ1v) is 6.58. The van der Waals surface area contributed by atoms with Crippen molar-refractivity contribution in [3.63, 3.8) is 0 Å². The molecule has 2 atom stereocenters. The molecule has 2 rings (SSSR count). The van der Waals surface area contributed by atoms with E-state index in [9.17, 15) is 4.79 Å². The number of methoxy groups -OCH3 is 1. The van der Waals surface area contributed by atoms with Crippen LogP contribution in [0.1, 0.15) is 12.0 Å². The molecule has 1 N–H and O–H groups in total. The van der Waals surface area contributed by atoms with E-state index in [4.69, 9.17) is 27.9 Å². The highest BCUT2D eigenvalue weighted by molar-refractivity contribution is 6.42. The standard InChI is InChI=1S/C13H15Cl2NO2/c1-18-9-6-12(16-7-9)13(17)5-8-2-3-10(14)11(15)4-8/h2-4,9,12,16H,5-7H2,1H3. The Morgan fingerprint density at radius 1 is 1.44 bits per heavy atom. The molecule has 1 aliphatic rings. The maximum Gasteiger partial charge on any atom is 0.154 e. The second-order valence-electron chi connectivity index (χ2n) is 4.45. The van der Waals surface area contributed by atoms with E-state index in [2.05, 4.69) is 5.32 Å². The molecule has 1 aromatic rings. The maximum absolute atomic E-state index is 12.1. The molecule has 1 fully saturated rings. The smallest absolute Gasteiger partial charge is 0.154 e. The molecule has 2 unspecified atom stereocenters. The van der Waals surface area contributed by atoms with Crippen molar-refractivity contribution in [3.05, 3.63) is 33.8 Å². The van der Waals surface area contributed by atoms with Crippen LogP contribution in [0.25, 0.3) is 0 Å². The number of carbonyl (C=O) groups is 1. The van der Waals surface area contributed by atoms with Gasteiger partial charge in [0.1, 0.15) is 0 Å². The number of Topliss-reactive ketones (excluding diaryl/α,β-unsaturated/α-hetero) is 1. The lowest BCUT2D eigenvalue weighted by molar-refractivity contribution is -0.120. The molecule has 1 aliphatic heterocycles. The fraction of sp³-hybridized carbons (Fsp3) is 0.462. The zero-order chi connectivity index (χ0) is 13.1. The first-order valence-electron chi connectivity index (χ1n) is 5.83. The highest BCUT2D eigenvalue weighted by atomic mass is 35.5. The molecule has 0 aromatic heterocycles. The Hall–Kier alpha value is -0.610. The van der Waals surface area contributed by atoms with Gasteiger partial charge in [-0.1, -0.05) is 29.3 Å². The van der Waals surface area contributed by atoms with Gasteiger partial charge in [-0.15, -0.1) is 0 Å². The molecule has 0 aliphatic carbocycles. The zero-order valence-electron chi connectivity index (χ0n) is 10.1. The Morgan fingerprint density at radius 3 is 2.83 bits per heavy atom. The van der Waals surface area contributed by atoms with Crippen LogP contribution in [0.4, 0.5) is 0 Å². The number of benzene rings is 1. The minimum Gasteiger partial charge on any atom is -0.380 e. The average Bonchev–Trinajstić information content (AvgIpc) is 2.82. The summed E-state index contributed by atoms with van der Waals surface area (Å²) in [7, 11) is 1.66. The van der Waals surface area contributed by atoms with E-state index in [1.807, 2.05) is 6.07 Å². The highest BCUT2D eigenvalue weighted by Gasteiger charge is 2.28. The SMILES string of the molecule is COC1CNC(C(=O)Cc2ccc(Cl)c(Cl)c2)C1. The Balaban J connectivity index is 1.97. The Kier molecular flexibility index (Phi) is 4.62. The Bertz CT molecular complexity index is 451. The van der Waals surface area contributed by atoms with Crippen molar-refractivity contribution < 1.29 is 9.53 Å². The van der Waals surface area contributed by atoms with Gasteiger partial charge in [-0.05, 0) is 24.1 Å². The van der Waals surface area contributed by atoms with Crippen LogP contribution in [0, 0.1) is 0 Å². The summed E-state index contributed by atoms with van der Waals surface area (Å²) in [5.74, 6) is 0.160. The second kappa shape index (κ2) is 6.02. The molecule has 3 nitrogen and oxygen atoms in total. The van der Waals surface area contributed by atoms with Crippen molar-refractivity contribution in [2.75, 3.05) is 13.7 Å². The van der Waals surface area contributed by atoms with Crippen molar-refractivity contribution in [2.45, 2.75) is 25.0 Å². The summed E-state index contributed by atoms with van der Waals surface area (Å²) in [5.41, 5.74) is 0.886.